The summed E-state index contributed by atoms with van der Waals surface area (Å²) < 4.78 is 5.12. The first-order valence-electron chi connectivity index (χ1n) is 6.42. The van der Waals surface area contributed by atoms with Gasteiger partial charge in [-0.1, -0.05) is 24.3 Å². The molecule has 1 atom stereocenters. The first kappa shape index (κ1) is 14.5. The van der Waals surface area contributed by atoms with Crippen molar-refractivity contribution in [3.8, 4) is 0 Å². The number of rotatable bonds is 6. The minimum absolute atomic E-state index is 0.123. The summed E-state index contributed by atoms with van der Waals surface area (Å²) in [5, 5.41) is 0. The Morgan fingerprint density at radius 2 is 2.00 bits per heavy atom. The fourth-order valence-electron chi connectivity index (χ4n) is 2.14. The van der Waals surface area contributed by atoms with Crippen molar-refractivity contribution in [2.24, 2.45) is 5.92 Å². The number of allylic oxidation sites excluding steroid dienone is 1. The van der Waals surface area contributed by atoms with E-state index in [0.717, 1.165) is 6.42 Å². The summed E-state index contributed by atoms with van der Waals surface area (Å²) >= 11 is 0. The molecule has 0 heterocycles. The summed E-state index contributed by atoms with van der Waals surface area (Å²) in [5.41, 5.74) is 3.71. The standard InChI is InChI=1S/C16H22O2/c1-5-8-14(16(17)18-6-2)11-15-12(3)9-7-10-13(15)4/h5,7,9-10,14H,1,6,8,11H2,2-4H3. The average Bonchev–Trinajstić information content (AvgIpc) is 2.33. The molecule has 1 unspecified atom stereocenters. The molecule has 0 radical (unpaired) electrons. The molecule has 0 saturated heterocycles. The number of carbonyl (C=O) groups is 1. The van der Waals surface area contributed by atoms with Gasteiger partial charge < -0.3 is 4.74 Å². The van der Waals surface area contributed by atoms with Gasteiger partial charge in [-0.3, -0.25) is 4.79 Å². The van der Waals surface area contributed by atoms with Crippen LogP contribution in [0.4, 0.5) is 0 Å². The Labute approximate surface area is 110 Å². The molecule has 2 nitrogen and oxygen atoms in total. The zero-order chi connectivity index (χ0) is 13.5. The number of hydrogen-bond acceptors (Lipinski definition) is 2. The van der Waals surface area contributed by atoms with Gasteiger partial charge in [0, 0.05) is 0 Å². The van der Waals surface area contributed by atoms with Gasteiger partial charge in [-0.15, -0.1) is 6.58 Å². The van der Waals surface area contributed by atoms with Crippen LogP contribution >= 0.6 is 0 Å². The molecule has 0 aromatic heterocycles. The third-order valence-electron chi connectivity index (χ3n) is 3.17. The van der Waals surface area contributed by atoms with E-state index in [4.69, 9.17) is 4.74 Å². The molecule has 0 bridgehead atoms. The predicted octanol–water partition coefficient (Wildman–Crippen LogP) is 3.60. The molecular weight excluding hydrogens is 224 g/mol. The molecule has 1 rings (SSSR count). The first-order chi connectivity index (χ1) is 8.60. The van der Waals surface area contributed by atoms with Gasteiger partial charge in [0.1, 0.15) is 0 Å². The largest absolute Gasteiger partial charge is 0.466 e. The maximum atomic E-state index is 11.9. The molecule has 18 heavy (non-hydrogen) atoms. The third-order valence-corrected chi connectivity index (χ3v) is 3.17. The van der Waals surface area contributed by atoms with E-state index in [-0.39, 0.29) is 11.9 Å². The van der Waals surface area contributed by atoms with E-state index < -0.39 is 0 Å². The highest BCUT2D eigenvalue weighted by molar-refractivity contribution is 5.73. The summed E-state index contributed by atoms with van der Waals surface area (Å²) in [6.07, 6.45) is 3.17. The van der Waals surface area contributed by atoms with E-state index in [9.17, 15) is 4.79 Å². The van der Waals surface area contributed by atoms with Crippen molar-refractivity contribution >= 4 is 5.97 Å². The lowest BCUT2D eigenvalue weighted by Gasteiger charge is -2.17. The second kappa shape index (κ2) is 7.00. The van der Waals surface area contributed by atoms with Crippen molar-refractivity contribution in [2.45, 2.75) is 33.6 Å². The first-order valence-corrected chi connectivity index (χ1v) is 6.42. The lowest BCUT2D eigenvalue weighted by Crippen LogP contribution is -2.20. The van der Waals surface area contributed by atoms with E-state index in [1.807, 2.05) is 13.0 Å². The van der Waals surface area contributed by atoms with E-state index in [1.54, 1.807) is 6.08 Å². The Bertz CT molecular complexity index is 401. The highest BCUT2D eigenvalue weighted by Gasteiger charge is 2.20. The Balaban J connectivity index is 2.89. The van der Waals surface area contributed by atoms with Gasteiger partial charge >= 0.3 is 5.97 Å². The lowest BCUT2D eigenvalue weighted by molar-refractivity contribution is -0.147. The summed E-state index contributed by atoms with van der Waals surface area (Å²) in [6, 6.07) is 6.21. The zero-order valence-electron chi connectivity index (χ0n) is 11.5. The van der Waals surface area contributed by atoms with Crippen LogP contribution in [-0.4, -0.2) is 12.6 Å². The van der Waals surface area contributed by atoms with Crippen LogP contribution in [0, 0.1) is 19.8 Å². The van der Waals surface area contributed by atoms with Crippen molar-refractivity contribution in [3.63, 3.8) is 0 Å². The molecule has 0 aliphatic rings. The fourth-order valence-corrected chi connectivity index (χ4v) is 2.14. The van der Waals surface area contributed by atoms with Crippen molar-refractivity contribution in [1.29, 1.82) is 0 Å². The third kappa shape index (κ3) is 3.73. The maximum absolute atomic E-state index is 11.9. The zero-order valence-corrected chi connectivity index (χ0v) is 11.5. The predicted molar refractivity (Wildman–Crippen MR) is 74.6 cm³/mol. The molecule has 98 valence electrons. The molecule has 0 amide bonds. The van der Waals surface area contributed by atoms with E-state index in [2.05, 4.69) is 32.6 Å². The maximum Gasteiger partial charge on any atom is 0.309 e. The molecule has 0 aliphatic heterocycles. The fraction of sp³-hybridized carbons (Fsp3) is 0.438. The van der Waals surface area contributed by atoms with Crippen molar-refractivity contribution < 1.29 is 9.53 Å². The number of ether oxygens (including phenoxy) is 1. The number of hydrogen-bond donors (Lipinski definition) is 0. The minimum atomic E-state index is -0.125. The van der Waals surface area contributed by atoms with Gasteiger partial charge in [-0.2, -0.15) is 0 Å². The Hall–Kier alpha value is -1.57. The Morgan fingerprint density at radius 3 is 2.50 bits per heavy atom. The summed E-state index contributed by atoms with van der Waals surface area (Å²) in [5.74, 6) is -0.248. The SMILES string of the molecule is C=CCC(Cc1c(C)cccc1C)C(=O)OCC. The molecular formula is C16H22O2. The van der Waals surface area contributed by atoms with Gasteiger partial charge in [-0.25, -0.2) is 0 Å². The molecule has 1 aromatic rings. The average molecular weight is 246 g/mol. The normalized spacial score (nSPS) is 11.9. The van der Waals surface area contributed by atoms with Crippen LogP contribution < -0.4 is 0 Å². The van der Waals surface area contributed by atoms with Gasteiger partial charge in [0.25, 0.3) is 0 Å². The molecule has 0 fully saturated rings. The summed E-state index contributed by atoms with van der Waals surface area (Å²) in [7, 11) is 0. The van der Waals surface area contributed by atoms with Crippen LogP contribution in [0.25, 0.3) is 0 Å². The smallest absolute Gasteiger partial charge is 0.309 e. The monoisotopic (exact) mass is 246 g/mol. The van der Waals surface area contributed by atoms with Crippen molar-refractivity contribution in [1.82, 2.24) is 0 Å². The van der Waals surface area contributed by atoms with Gasteiger partial charge in [0.05, 0.1) is 12.5 Å². The van der Waals surface area contributed by atoms with Crippen LogP contribution in [0.1, 0.15) is 30.0 Å². The van der Waals surface area contributed by atoms with Crippen LogP contribution in [0.2, 0.25) is 0 Å². The van der Waals surface area contributed by atoms with Crippen LogP contribution in [0.3, 0.4) is 0 Å². The highest BCUT2D eigenvalue weighted by Crippen LogP contribution is 2.21. The van der Waals surface area contributed by atoms with E-state index >= 15 is 0 Å². The summed E-state index contributed by atoms with van der Waals surface area (Å²) in [6.45, 7) is 10.2. The second-order valence-corrected chi connectivity index (χ2v) is 4.55. The second-order valence-electron chi connectivity index (χ2n) is 4.55. The molecule has 0 saturated carbocycles. The van der Waals surface area contributed by atoms with Gasteiger partial charge in [-0.05, 0) is 50.3 Å². The molecule has 0 N–H and O–H groups in total. The molecule has 0 aliphatic carbocycles. The van der Waals surface area contributed by atoms with Gasteiger partial charge in [0.2, 0.25) is 0 Å². The van der Waals surface area contributed by atoms with Crippen LogP contribution in [0.15, 0.2) is 30.9 Å². The highest BCUT2D eigenvalue weighted by atomic mass is 16.5. The van der Waals surface area contributed by atoms with E-state index in [0.29, 0.717) is 13.0 Å². The number of benzene rings is 1. The van der Waals surface area contributed by atoms with Gasteiger partial charge in [0.15, 0.2) is 0 Å². The lowest BCUT2D eigenvalue weighted by atomic mass is 9.91. The van der Waals surface area contributed by atoms with Crippen molar-refractivity contribution in [3.05, 3.63) is 47.5 Å². The Kier molecular flexibility index (Phi) is 5.63. The van der Waals surface area contributed by atoms with Crippen molar-refractivity contribution in [2.75, 3.05) is 6.61 Å². The number of aryl methyl sites for hydroxylation is 2. The molecule has 2 heteroatoms. The number of carbonyl (C=O) groups excluding carboxylic acids is 1. The number of esters is 1. The molecule has 0 spiro atoms. The van der Waals surface area contributed by atoms with Crippen LogP contribution in [-0.2, 0) is 16.0 Å². The Morgan fingerprint density at radius 1 is 1.39 bits per heavy atom. The topological polar surface area (TPSA) is 26.3 Å². The minimum Gasteiger partial charge on any atom is -0.466 e. The summed E-state index contributed by atoms with van der Waals surface area (Å²) in [4.78, 5) is 11.9. The quantitative estimate of drug-likeness (QED) is 0.566. The molecule has 1 aromatic carbocycles. The van der Waals surface area contributed by atoms with Crippen LogP contribution in [0.5, 0.6) is 0 Å². The van der Waals surface area contributed by atoms with E-state index in [1.165, 1.54) is 16.7 Å².